The zero-order valence-electron chi connectivity index (χ0n) is 19.4. The highest BCUT2D eigenvalue weighted by molar-refractivity contribution is 5.74. The van der Waals surface area contributed by atoms with Crippen LogP contribution in [-0.4, -0.2) is 36.8 Å². The molecule has 0 unspecified atom stereocenters. The smallest absolute Gasteiger partial charge is 0.272 e. The Kier molecular flexibility index (Phi) is 7.58. The van der Waals surface area contributed by atoms with Gasteiger partial charge in [-0.3, -0.25) is 4.98 Å². The minimum Gasteiger partial charge on any atom is -0.372 e. The zero-order valence-corrected chi connectivity index (χ0v) is 19.4. The average Bonchev–Trinajstić information content (AvgIpc) is 2.79. The molecule has 0 bridgehead atoms. The van der Waals surface area contributed by atoms with E-state index in [9.17, 15) is 8.78 Å². The maximum absolute atomic E-state index is 13.9. The van der Waals surface area contributed by atoms with Crippen LogP contribution < -0.4 is 15.1 Å². The molecule has 1 aliphatic rings. The van der Waals surface area contributed by atoms with Crippen LogP contribution in [0.3, 0.4) is 0 Å². The van der Waals surface area contributed by atoms with Gasteiger partial charge in [0.1, 0.15) is 11.6 Å². The monoisotopic (exact) mass is 452 g/mol. The molecular formula is C25H30F2N6. The van der Waals surface area contributed by atoms with E-state index in [2.05, 4.69) is 33.5 Å². The van der Waals surface area contributed by atoms with Crippen LogP contribution >= 0.6 is 0 Å². The Morgan fingerprint density at radius 3 is 2.70 bits per heavy atom. The molecule has 0 spiro atoms. The Balaban J connectivity index is 2.05. The van der Waals surface area contributed by atoms with E-state index in [1.54, 1.807) is 12.3 Å². The number of fused-ring (bicyclic) bond motifs is 1. The third kappa shape index (κ3) is 5.83. The quantitative estimate of drug-likeness (QED) is 0.446. The molecule has 0 atom stereocenters. The van der Waals surface area contributed by atoms with Crippen LogP contribution in [0.1, 0.15) is 32.3 Å². The standard InChI is InChI=1S/C25H30F2N6/c1-6-7-10-23(28-4)30-18(2)33-14-9-8-13-32(5)22-12-11-21(31-24(22)33)19-15-20(17-29-16-19)25(3,26)27/h6-7,10-12,15-17,30H,2,4,8-9,13-14H2,1,3,5H3/b7-6-,23-10+. The number of hydrogen-bond donors (Lipinski definition) is 1. The Labute approximate surface area is 194 Å². The Bertz CT molecular complexity index is 1070. The van der Waals surface area contributed by atoms with Crippen LogP contribution in [-0.2, 0) is 5.92 Å². The lowest BCUT2D eigenvalue weighted by Gasteiger charge is -2.34. The van der Waals surface area contributed by atoms with Gasteiger partial charge in [-0.1, -0.05) is 18.7 Å². The molecule has 0 amide bonds. The fourth-order valence-electron chi connectivity index (χ4n) is 3.56. The van der Waals surface area contributed by atoms with Gasteiger partial charge in [0.2, 0.25) is 0 Å². The molecular weight excluding hydrogens is 422 g/mol. The van der Waals surface area contributed by atoms with E-state index >= 15 is 0 Å². The molecule has 174 valence electrons. The number of aromatic nitrogens is 2. The van der Waals surface area contributed by atoms with Crippen molar-refractivity contribution in [3.63, 3.8) is 0 Å². The summed E-state index contributed by atoms with van der Waals surface area (Å²) in [6.45, 7) is 12.2. The molecule has 1 N–H and O–H groups in total. The van der Waals surface area contributed by atoms with Crippen LogP contribution in [0.25, 0.3) is 11.3 Å². The molecule has 6 nitrogen and oxygen atoms in total. The molecule has 0 aliphatic carbocycles. The average molecular weight is 453 g/mol. The molecule has 0 radical (unpaired) electrons. The van der Waals surface area contributed by atoms with Crippen molar-refractivity contribution < 1.29 is 8.78 Å². The predicted octanol–water partition coefficient (Wildman–Crippen LogP) is 5.47. The van der Waals surface area contributed by atoms with Crippen molar-refractivity contribution in [1.82, 2.24) is 15.3 Å². The van der Waals surface area contributed by atoms with Crippen molar-refractivity contribution in [2.45, 2.75) is 32.6 Å². The van der Waals surface area contributed by atoms with Gasteiger partial charge in [0.15, 0.2) is 5.82 Å². The number of anilines is 2. The van der Waals surface area contributed by atoms with Crippen LogP contribution in [0.2, 0.25) is 0 Å². The number of hydrogen-bond acceptors (Lipinski definition) is 6. The van der Waals surface area contributed by atoms with E-state index in [1.165, 1.54) is 12.3 Å². The van der Waals surface area contributed by atoms with Gasteiger partial charge in [0, 0.05) is 50.6 Å². The van der Waals surface area contributed by atoms with Crippen molar-refractivity contribution in [1.29, 1.82) is 0 Å². The number of aliphatic imine (C=N–C) groups is 1. The topological polar surface area (TPSA) is 56.7 Å². The molecule has 3 heterocycles. The second kappa shape index (κ2) is 10.4. The largest absolute Gasteiger partial charge is 0.372 e. The summed E-state index contributed by atoms with van der Waals surface area (Å²) in [6, 6.07) is 5.23. The molecule has 3 rings (SSSR count). The minimum absolute atomic E-state index is 0.149. The van der Waals surface area contributed by atoms with Crippen LogP contribution in [0.15, 0.2) is 72.0 Å². The second-order valence-corrected chi connectivity index (χ2v) is 7.98. The maximum Gasteiger partial charge on any atom is 0.272 e. The summed E-state index contributed by atoms with van der Waals surface area (Å²) in [7, 11) is 2.02. The number of nitrogens with one attached hydrogen (secondary N) is 1. The number of rotatable bonds is 7. The first-order valence-corrected chi connectivity index (χ1v) is 10.8. The molecule has 0 saturated heterocycles. The fourth-order valence-corrected chi connectivity index (χ4v) is 3.56. The van der Waals surface area contributed by atoms with Gasteiger partial charge < -0.3 is 15.1 Å². The van der Waals surface area contributed by atoms with Crippen molar-refractivity contribution in [2.24, 2.45) is 4.99 Å². The van der Waals surface area contributed by atoms with Gasteiger partial charge in [-0.05, 0) is 50.8 Å². The van der Waals surface area contributed by atoms with Gasteiger partial charge in [-0.25, -0.2) is 18.8 Å². The molecule has 33 heavy (non-hydrogen) atoms. The Morgan fingerprint density at radius 2 is 2.00 bits per heavy atom. The summed E-state index contributed by atoms with van der Waals surface area (Å²) in [4.78, 5) is 17.0. The van der Waals surface area contributed by atoms with E-state index in [1.807, 2.05) is 43.2 Å². The van der Waals surface area contributed by atoms with Crippen molar-refractivity contribution in [3.8, 4) is 11.3 Å². The highest BCUT2D eigenvalue weighted by Gasteiger charge is 2.26. The lowest BCUT2D eigenvalue weighted by molar-refractivity contribution is 0.0171. The number of pyridine rings is 2. The predicted molar refractivity (Wildman–Crippen MR) is 132 cm³/mol. The van der Waals surface area contributed by atoms with E-state index in [4.69, 9.17) is 4.98 Å². The van der Waals surface area contributed by atoms with Gasteiger partial charge in [-0.2, -0.15) is 0 Å². The SMILES string of the molecule is C=N/C(=C\C=C/C)NC(=C)N1CCCCN(C)c2ccc(-c3cncc(C(C)(F)F)c3)nc21. The van der Waals surface area contributed by atoms with Crippen LogP contribution in [0.4, 0.5) is 20.3 Å². The maximum atomic E-state index is 13.9. The molecule has 0 fully saturated rings. The first-order valence-electron chi connectivity index (χ1n) is 10.8. The lowest BCUT2D eigenvalue weighted by Crippen LogP contribution is -2.36. The summed E-state index contributed by atoms with van der Waals surface area (Å²) in [5.74, 6) is -1.13. The first-order chi connectivity index (χ1) is 15.7. The second-order valence-electron chi connectivity index (χ2n) is 7.98. The number of nitrogens with zero attached hydrogens (tertiary/aromatic N) is 5. The van der Waals surface area contributed by atoms with Gasteiger partial charge in [0.25, 0.3) is 5.92 Å². The third-order valence-corrected chi connectivity index (χ3v) is 5.40. The Morgan fingerprint density at radius 1 is 1.24 bits per heavy atom. The van der Waals surface area contributed by atoms with Crippen LogP contribution in [0.5, 0.6) is 0 Å². The first kappa shape index (κ1) is 24.1. The summed E-state index contributed by atoms with van der Waals surface area (Å²) in [5, 5.41) is 3.21. The van der Waals surface area contributed by atoms with E-state index < -0.39 is 5.92 Å². The highest BCUT2D eigenvalue weighted by Crippen LogP contribution is 2.35. The van der Waals surface area contributed by atoms with Gasteiger partial charge in [0.05, 0.1) is 11.4 Å². The highest BCUT2D eigenvalue weighted by atomic mass is 19.3. The fraction of sp³-hybridized carbons (Fsp3) is 0.320. The van der Waals surface area contributed by atoms with E-state index in [0.717, 1.165) is 32.0 Å². The lowest BCUT2D eigenvalue weighted by atomic mass is 10.1. The normalized spacial score (nSPS) is 15.1. The Hall–Kier alpha value is -3.55. The van der Waals surface area contributed by atoms with E-state index in [0.29, 0.717) is 35.3 Å². The number of allylic oxidation sites excluding steroid dienone is 3. The minimum atomic E-state index is -2.98. The van der Waals surface area contributed by atoms with Gasteiger partial charge in [-0.15, -0.1) is 0 Å². The summed E-state index contributed by atoms with van der Waals surface area (Å²) in [6.07, 6.45) is 10.2. The number of halogens is 2. The molecule has 2 aromatic rings. The molecule has 0 saturated carbocycles. The van der Waals surface area contributed by atoms with Crippen molar-refractivity contribution in [2.75, 3.05) is 29.9 Å². The van der Waals surface area contributed by atoms with Crippen molar-refractivity contribution >= 4 is 18.2 Å². The summed E-state index contributed by atoms with van der Waals surface area (Å²) < 4.78 is 27.7. The van der Waals surface area contributed by atoms with Crippen LogP contribution in [0, 0.1) is 0 Å². The number of alkyl halides is 2. The van der Waals surface area contributed by atoms with E-state index in [-0.39, 0.29) is 5.56 Å². The van der Waals surface area contributed by atoms with Gasteiger partial charge >= 0.3 is 0 Å². The van der Waals surface area contributed by atoms with Crippen molar-refractivity contribution in [3.05, 3.63) is 72.6 Å². The molecule has 2 aromatic heterocycles. The molecule has 8 heteroatoms. The zero-order chi connectivity index (χ0) is 24.0. The summed E-state index contributed by atoms with van der Waals surface area (Å²) in [5.41, 5.74) is 1.87. The third-order valence-electron chi connectivity index (χ3n) is 5.40. The molecule has 1 aliphatic heterocycles. The summed E-state index contributed by atoms with van der Waals surface area (Å²) >= 11 is 0. The molecule has 0 aromatic carbocycles.